The molecule has 118 valence electrons. The molecule has 0 unspecified atom stereocenters. The van der Waals surface area contributed by atoms with Crippen molar-refractivity contribution in [1.82, 2.24) is 9.62 Å². The van der Waals surface area contributed by atoms with Crippen LogP contribution in [0.3, 0.4) is 0 Å². The van der Waals surface area contributed by atoms with Crippen molar-refractivity contribution >= 4 is 21.6 Å². The summed E-state index contributed by atoms with van der Waals surface area (Å²) >= 11 is 5.89. The summed E-state index contributed by atoms with van der Waals surface area (Å²) in [6, 6.07) is 7.41. The van der Waals surface area contributed by atoms with Crippen molar-refractivity contribution in [2.24, 2.45) is 0 Å². The van der Waals surface area contributed by atoms with Crippen molar-refractivity contribution in [2.45, 2.75) is 18.9 Å². The first-order chi connectivity index (χ1) is 9.92. The predicted octanol–water partition coefficient (Wildman–Crippen LogP) is 1.73. The molecule has 1 fully saturated rings. The third kappa shape index (κ3) is 6.22. The number of ether oxygens (including phenoxy) is 1. The van der Waals surface area contributed by atoms with Crippen LogP contribution in [0.1, 0.15) is 12.8 Å². The second-order valence-corrected chi connectivity index (χ2v) is 7.53. The molecule has 0 radical (unpaired) electrons. The molecule has 5 nitrogen and oxygen atoms in total. The highest BCUT2D eigenvalue weighted by molar-refractivity contribution is 7.88. The zero-order chi connectivity index (χ0) is 15.3. The molecule has 0 spiro atoms. The van der Waals surface area contributed by atoms with Gasteiger partial charge in [0.2, 0.25) is 10.0 Å². The second kappa shape index (κ2) is 7.45. The van der Waals surface area contributed by atoms with Gasteiger partial charge in [-0.1, -0.05) is 17.7 Å². The topological polar surface area (TPSA) is 58.6 Å². The molecule has 0 saturated carbocycles. The number of benzene rings is 1. The summed E-state index contributed by atoms with van der Waals surface area (Å²) in [5, 5.41) is 0.667. The highest BCUT2D eigenvalue weighted by Crippen LogP contribution is 2.17. The van der Waals surface area contributed by atoms with Gasteiger partial charge in [0.15, 0.2) is 0 Å². The van der Waals surface area contributed by atoms with Gasteiger partial charge < -0.3 is 4.74 Å². The minimum absolute atomic E-state index is 0.0603. The van der Waals surface area contributed by atoms with Crippen LogP contribution in [0.5, 0.6) is 5.75 Å². The van der Waals surface area contributed by atoms with Crippen LogP contribution in [0.15, 0.2) is 24.3 Å². The number of hydrogen-bond donors (Lipinski definition) is 1. The molecular weight excluding hydrogens is 312 g/mol. The molecule has 0 aromatic heterocycles. The maximum atomic E-state index is 11.2. The Morgan fingerprint density at radius 1 is 1.38 bits per heavy atom. The number of rotatable bonds is 6. The Morgan fingerprint density at radius 2 is 2.10 bits per heavy atom. The Bertz CT molecular complexity index is 557. The van der Waals surface area contributed by atoms with E-state index < -0.39 is 10.0 Å². The number of sulfonamides is 1. The number of piperidine rings is 1. The van der Waals surface area contributed by atoms with Crippen molar-refractivity contribution in [1.29, 1.82) is 0 Å². The highest BCUT2D eigenvalue weighted by Gasteiger charge is 2.21. The van der Waals surface area contributed by atoms with Crippen molar-refractivity contribution < 1.29 is 13.2 Å². The third-order valence-corrected chi connectivity index (χ3v) is 4.44. The number of hydrogen-bond acceptors (Lipinski definition) is 4. The van der Waals surface area contributed by atoms with Gasteiger partial charge in [-0.05, 0) is 44.1 Å². The number of nitrogens with zero attached hydrogens (tertiary/aromatic N) is 1. The van der Waals surface area contributed by atoms with E-state index in [-0.39, 0.29) is 6.04 Å². The van der Waals surface area contributed by atoms with Crippen LogP contribution in [-0.4, -0.2) is 51.9 Å². The van der Waals surface area contributed by atoms with Crippen molar-refractivity contribution in [3.05, 3.63) is 29.3 Å². The van der Waals surface area contributed by atoms with Gasteiger partial charge in [0, 0.05) is 17.6 Å². The Balaban J connectivity index is 1.67. The minimum Gasteiger partial charge on any atom is -0.492 e. The van der Waals surface area contributed by atoms with E-state index in [1.165, 1.54) is 6.26 Å². The lowest BCUT2D eigenvalue weighted by Gasteiger charge is -2.31. The Kier molecular flexibility index (Phi) is 5.87. The monoisotopic (exact) mass is 332 g/mol. The van der Waals surface area contributed by atoms with Gasteiger partial charge in [-0.25, -0.2) is 13.1 Å². The lowest BCUT2D eigenvalue weighted by molar-refractivity contribution is 0.170. The number of likely N-dealkylation sites (tertiary alicyclic amines) is 1. The molecular formula is C14H21ClN2O3S. The van der Waals surface area contributed by atoms with E-state index in [1.54, 1.807) is 6.07 Å². The molecule has 1 saturated heterocycles. The van der Waals surface area contributed by atoms with Gasteiger partial charge in [-0.2, -0.15) is 0 Å². The van der Waals surface area contributed by atoms with Crippen LogP contribution in [0, 0.1) is 0 Å². The summed E-state index contributed by atoms with van der Waals surface area (Å²) < 4.78 is 30.7. The van der Waals surface area contributed by atoms with Gasteiger partial charge >= 0.3 is 0 Å². The highest BCUT2D eigenvalue weighted by atomic mass is 35.5. The predicted molar refractivity (Wildman–Crippen MR) is 84.4 cm³/mol. The van der Waals surface area contributed by atoms with E-state index in [1.807, 2.05) is 18.2 Å². The average Bonchev–Trinajstić information content (AvgIpc) is 2.39. The van der Waals surface area contributed by atoms with E-state index >= 15 is 0 Å². The summed E-state index contributed by atoms with van der Waals surface area (Å²) in [6.07, 6.45) is 2.88. The van der Waals surface area contributed by atoms with Gasteiger partial charge in [0.25, 0.3) is 0 Å². The van der Waals surface area contributed by atoms with Crippen molar-refractivity contribution in [2.75, 3.05) is 32.5 Å². The molecule has 1 aliphatic rings. The molecule has 21 heavy (non-hydrogen) atoms. The zero-order valence-electron chi connectivity index (χ0n) is 12.1. The van der Waals surface area contributed by atoms with Crippen molar-refractivity contribution in [3.63, 3.8) is 0 Å². The summed E-state index contributed by atoms with van der Waals surface area (Å²) in [5.41, 5.74) is 0. The van der Waals surface area contributed by atoms with E-state index in [4.69, 9.17) is 16.3 Å². The molecule has 1 aliphatic heterocycles. The molecule has 2 rings (SSSR count). The summed E-state index contributed by atoms with van der Waals surface area (Å²) in [6.45, 7) is 3.20. The maximum absolute atomic E-state index is 11.2. The van der Waals surface area contributed by atoms with E-state index in [9.17, 15) is 8.42 Å². The molecule has 1 aromatic rings. The van der Waals surface area contributed by atoms with Crippen LogP contribution >= 0.6 is 11.6 Å². The zero-order valence-corrected chi connectivity index (χ0v) is 13.7. The molecule has 1 N–H and O–H groups in total. The second-order valence-electron chi connectivity index (χ2n) is 5.31. The SMILES string of the molecule is CS(=O)(=O)NC1CCN(CCOc2cccc(Cl)c2)CC1. The Morgan fingerprint density at radius 3 is 2.71 bits per heavy atom. The fourth-order valence-corrected chi connectivity index (χ4v) is 3.45. The minimum atomic E-state index is -3.10. The molecule has 0 atom stereocenters. The lowest BCUT2D eigenvalue weighted by Crippen LogP contribution is -2.45. The quantitative estimate of drug-likeness (QED) is 0.862. The van der Waals surface area contributed by atoms with E-state index in [2.05, 4.69) is 9.62 Å². The molecule has 0 aliphatic carbocycles. The molecule has 0 amide bonds. The van der Waals surface area contributed by atoms with E-state index in [0.717, 1.165) is 38.2 Å². The van der Waals surface area contributed by atoms with Crippen LogP contribution < -0.4 is 9.46 Å². The van der Waals surface area contributed by atoms with E-state index in [0.29, 0.717) is 11.6 Å². The number of halogens is 1. The Hall–Kier alpha value is -0.820. The Labute approximate surface area is 131 Å². The van der Waals surface area contributed by atoms with Gasteiger partial charge in [0.1, 0.15) is 12.4 Å². The van der Waals surface area contributed by atoms with Crippen LogP contribution in [0.4, 0.5) is 0 Å². The summed E-state index contributed by atoms with van der Waals surface area (Å²) in [5.74, 6) is 0.774. The van der Waals surface area contributed by atoms with Gasteiger partial charge in [0.05, 0.1) is 6.26 Å². The molecule has 7 heteroatoms. The maximum Gasteiger partial charge on any atom is 0.208 e. The normalized spacial score (nSPS) is 17.8. The van der Waals surface area contributed by atoms with Crippen LogP contribution in [0.2, 0.25) is 5.02 Å². The largest absolute Gasteiger partial charge is 0.492 e. The van der Waals surface area contributed by atoms with Crippen LogP contribution in [-0.2, 0) is 10.0 Å². The molecule has 1 aromatic carbocycles. The summed E-state index contributed by atoms with van der Waals surface area (Å²) in [4.78, 5) is 2.28. The average molecular weight is 333 g/mol. The summed E-state index contributed by atoms with van der Waals surface area (Å²) in [7, 11) is -3.10. The number of nitrogens with one attached hydrogen (secondary N) is 1. The van der Waals surface area contributed by atoms with Gasteiger partial charge in [-0.15, -0.1) is 0 Å². The fraction of sp³-hybridized carbons (Fsp3) is 0.571. The van der Waals surface area contributed by atoms with Crippen LogP contribution in [0.25, 0.3) is 0 Å². The standard InChI is InChI=1S/C14H21ClN2O3S/c1-21(18,19)16-13-5-7-17(8-6-13)9-10-20-14-4-2-3-12(15)11-14/h2-4,11,13,16H,5-10H2,1H3. The third-order valence-electron chi connectivity index (χ3n) is 3.44. The first-order valence-electron chi connectivity index (χ1n) is 7.00. The molecule has 0 bridgehead atoms. The van der Waals surface area contributed by atoms with Gasteiger partial charge in [-0.3, -0.25) is 4.90 Å². The van der Waals surface area contributed by atoms with Crippen molar-refractivity contribution in [3.8, 4) is 5.75 Å². The fourth-order valence-electron chi connectivity index (χ4n) is 2.43. The molecule has 1 heterocycles. The lowest BCUT2D eigenvalue weighted by atomic mass is 10.1. The smallest absolute Gasteiger partial charge is 0.208 e. The first kappa shape index (κ1) is 16.5. The first-order valence-corrected chi connectivity index (χ1v) is 9.27.